The Labute approximate surface area is 202 Å². The van der Waals surface area contributed by atoms with E-state index in [0.29, 0.717) is 5.84 Å². The number of nitrogens with two attached hydrogens (primary N) is 1. The lowest BCUT2D eigenvalue weighted by atomic mass is 9.99. The molecule has 6 heteroatoms. The summed E-state index contributed by atoms with van der Waals surface area (Å²) < 4.78 is 0. The first-order valence-corrected chi connectivity index (χ1v) is 12.3. The van der Waals surface area contributed by atoms with Crippen molar-refractivity contribution in [1.82, 2.24) is 10.3 Å². The zero-order chi connectivity index (χ0) is 24.8. The predicted octanol–water partition coefficient (Wildman–Crippen LogP) is 6.64. The maximum absolute atomic E-state index is 5.63. The number of aryl methyl sites for hydroxylation is 2. The van der Waals surface area contributed by atoms with Crippen LogP contribution in [0.15, 0.2) is 52.5 Å². The molecule has 2 unspecified atom stereocenters. The lowest BCUT2D eigenvalue weighted by molar-refractivity contribution is 0.264. The number of amidine groups is 1. The van der Waals surface area contributed by atoms with Crippen molar-refractivity contribution in [3.05, 3.63) is 53.5 Å². The Bertz CT molecular complexity index is 800. The first-order valence-electron chi connectivity index (χ1n) is 12.3. The van der Waals surface area contributed by atoms with E-state index < -0.39 is 0 Å². The van der Waals surface area contributed by atoms with Crippen LogP contribution >= 0.6 is 0 Å². The van der Waals surface area contributed by atoms with Gasteiger partial charge < -0.3 is 16.4 Å². The van der Waals surface area contributed by atoms with Gasteiger partial charge in [-0.05, 0) is 50.7 Å². The SMILES string of the molecule is C=C(Nc1c(C)cccc1C)C1=CN(/N=C\N=C(C)N)C(CCCC(C)CCC)N1.CCC. The van der Waals surface area contributed by atoms with Crippen LogP contribution in [-0.4, -0.2) is 23.3 Å². The molecule has 1 heterocycles. The van der Waals surface area contributed by atoms with E-state index in [4.69, 9.17) is 5.73 Å². The third-order valence-corrected chi connectivity index (χ3v) is 5.39. The fraction of sp³-hybridized carbons (Fsp3) is 0.556. The van der Waals surface area contributed by atoms with Gasteiger partial charge >= 0.3 is 0 Å². The van der Waals surface area contributed by atoms with Gasteiger partial charge in [0.05, 0.1) is 23.4 Å². The van der Waals surface area contributed by atoms with E-state index in [1.165, 1.54) is 43.1 Å². The Balaban J connectivity index is 0.00000172. The standard InChI is InChI=1S/C24H38N6.C3H8/c1-7-10-17(2)11-8-14-23-29-22(15-30(23)27-16-26-21(6)25)20(5)28-24-18(3)12-9-13-19(24)4;1-3-2/h9,12-13,15-17,23,28-29H,5,7-8,10-11,14H2,1-4,6H3,(H2,25,26,27);3H2,1-2H3. The van der Waals surface area contributed by atoms with Gasteiger partial charge in [0, 0.05) is 5.69 Å². The second-order valence-electron chi connectivity index (χ2n) is 8.99. The fourth-order valence-electron chi connectivity index (χ4n) is 3.69. The molecule has 1 aromatic rings. The van der Waals surface area contributed by atoms with Gasteiger partial charge in [0.25, 0.3) is 0 Å². The van der Waals surface area contributed by atoms with Crippen molar-refractivity contribution >= 4 is 17.9 Å². The zero-order valence-corrected chi connectivity index (χ0v) is 21.9. The molecule has 1 aliphatic rings. The molecule has 0 spiro atoms. The van der Waals surface area contributed by atoms with Crippen LogP contribution in [0.4, 0.5) is 5.69 Å². The van der Waals surface area contributed by atoms with Crippen molar-refractivity contribution in [2.24, 2.45) is 21.7 Å². The minimum atomic E-state index is 0.0786. The number of para-hydroxylation sites is 1. The normalized spacial score (nSPS) is 16.7. The molecule has 0 aromatic heterocycles. The van der Waals surface area contributed by atoms with E-state index in [1.54, 1.807) is 6.92 Å². The first-order chi connectivity index (χ1) is 15.7. The molecule has 0 bridgehead atoms. The molecule has 0 saturated carbocycles. The van der Waals surface area contributed by atoms with Crippen LogP contribution in [0, 0.1) is 19.8 Å². The molecule has 1 aliphatic heterocycles. The summed E-state index contributed by atoms with van der Waals surface area (Å²) in [5, 5.41) is 13.5. The van der Waals surface area contributed by atoms with E-state index in [2.05, 4.69) is 87.0 Å². The largest absolute Gasteiger partial charge is 0.387 e. The number of hydrazone groups is 1. The molecule has 4 N–H and O–H groups in total. The Morgan fingerprint density at radius 2 is 1.88 bits per heavy atom. The van der Waals surface area contributed by atoms with Crippen molar-refractivity contribution in [3.8, 4) is 0 Å². The highest BCUT2D eigenvalue weighted by Crippen LogP contribution is 2.26. The number of nitrogens with zero attached hydrogens (tertiary/aromatic N) is 3. The highest BCUT2D eigenvalue weighted by atomic mass is 15.5. The smallest absolute Gasteiger partial charge is 0.138 e. The molecular formula is C27H46N6. The van der Waals surface area contributed by atoms with Gasteiger partial charge in [0.15, 0.2) is 0 Å². The van der Waals surface area contributed by atoms with E-state index in [0.717, 1.165) is 35.8 Å². The van der Waals surface area contributed by atoms with Crippen LogP contribution in [0.5, 0.6) is 0 Å². The number of anilines is 1. The lowest BCUT2D eigenvalue weighted by Crippen LogP contribution is -2.33. The summed E-state index contributed by atoms with van der Waals surface area (Å²) in [5.41, 5.74) is 10.9. The van der Waals surface area contributed by atoms with Gasteiger partial charge in [0.1, 0.15) is 12.5 Å². The molecule has 2 rings (SSSR count). The van der Waals surface area contributed by atoms with Crippen LogP contribution in [0.3, 0.4) is 0 Å². The molecule has 1 aromatic carbocycles. The van der Waals surface area contributed by atoms with Gasteiger partial charge in [-0.3, -0.25) is 0 Å². The van der Waals surface area contributed by atoms with Gasteiger partial charge in [0.2, 0.25) is 0 Å². The Morgan fingerprint density at radius 1 is 1.24 bits per heavy atom. The third kappa shape index (κ3) is 10.1. The van der Waals surface area contributed by atoms with Gasteiger partial charge in [-0.2, -0.15) is 5.10 Å². The fourth-order valence-corrected chi connectivity index (χ4v) is 3.69. The van der Waals surface area contributed by atoms with Crippen molar-refractivity contribution < 1.29 is 0 Å². The molecule has 33 heavy (non-hydrogen) atoms. The monoisotopic (exact) mass is 454 g/mol. The number of rotatable bonds is 11. The molecule has 0 aliphatic carbocycles. The summed E-state index contributed by atoms with van der Waals surface area (Å²) in [5.74, 6) is 1.24. The molecule has 6 nitrogen and oxygen atoms in total. The van der Waals surface area contributed by atoms with Crippen LogP contribution in [0.2, 0.25) is 0 Å². The minimum absolute atomic E-state index is 0.0786. The topological polar surface area (TPSA) is 78.0 Å². The summed E-state index contributed by atoms with van der Waals surface area (Å²) in [4.78, 5) is 4.08. The average Bonchev–Trinajstić information content (AvgIpc) is 3.14. The summed E-state index contributed by atoms with van der Waals surface area (Å²) in [6.07, 6.45) is 10.7. The van der Waals surface area contributed by atoms with Crippen LogP contribution in [-0.2, 0) is 0 Å². The summed E-state index contributed by atoms with van der Waals surface area (Å²) >= 11 is 0. The van der Waals surface area contributed by atoms with E-state index in [1.807, 2.05) is 11.2 Å². The minimum Gasteiger partial charge on any atom is -0.387 e. The third-order valence-electron chi connectivity index (χ3n) is 5.39. The van der Waals surface area contributed by atoms with Gasteiger partial charge in [-0.15, -0.1) is 0 Å². The van der Waals surface area contributed by atoms with Crippen LogP contribution in [0.1, 0.15) is 84.3 Å². The molecule has 184 valence electrons. The summed E-state index contributed by atoms with van der Waals surface area (Å²) in [6.45, 7) is 19.0. The van der Waals surface area contributed by atoms with Crippen LogP contribution < -0.4 is 16.4 Å². The van der Waals surface area contributed by atoms with E-state index in [9.17, 15) is 0 Å². The van der Waals surface area contributed by atoms with Gasteiger partial charge in [-0.1, -0.05) is 78.2 Å². The second-order valence-corrected chi connectivity index (χ2v) is 8.99. The average molecular weight is 455 g/mol. The van der Waals surface area contributed by atoms with Crippen molar-refractivity contribution in [1.29, 1.82) is 0 Å². The first kappa shape index (κ1) is 28.3. The quantitative estimate of drug-likeness (QED) is 0.258. The second kappa shape index (κ2) is 15.1. The van der Waals surface area contributed by atoms with E-state index in [-0.39, 0.29) is 6.17 Å². The number of hydrogen-bond acceptors (Lipinski definition) is 4. The Kier molecular flexibility index (Phi) is 13.0. The molecule has 2 atom stereocenters. The number of aliphatic imine (C=N–C) groups is 1. The van der Waals surface area contributed by atoms with Crippen molar-refractivity contribution in [2.75, 3.05) is 5.32 Å². The molecular weight excluding hydrogens is 408 g/mol. The Morgan fingerprint density at radius 3 is 2.45 bits per heavy atom. The molecule has 0 fully saturated rings. The molecule has 0 radical (unpaired) electrons. The number of nitrogens with one attached hydrogen (secondary N) is 2. The summed E-state index contributed by atoms with van der Waals surface area (Å²) in [7, 11) is 0. The zero-order valence-electron chi connectivity index (χ0n) is 21.9. The summed E-state index contributed by atoms with van der Waals surface area (Å²) in [6, 6.07) is 6.27. The maximum atomic E-state index is 5.63. The molecule has 0 saturated heterocycles. The maximum Gasteiger partial charge on any atom is 0.138 e. The van der Waals surface area contributed by atoms with Crippen LogP contribution in [0.25, 0.3) is 0 Å². The molecule has 0 amide bonds. The van der Waals surface area contributed by atoms with E-state index >= 15 is 0 Å². The number of benzene rings is 1. The highest BCUT2D eigenvalue weighted by molar-refractivity contribution is 5.85. The predicted molar refractivity (Wildman–Crippen MR) is 145 cm³/mol. The lowest BCUT2D eigenvalue weighted by Gasteiger charge is -2.22. The Hall–Kier alpha value is -2.76. The highest BCUT2D eigenvalue weighted by Gasteiger charge is 2.25. The van der Waals surface area contributed by atoms with Crippen molar-refractivity contribution in [2.45, 2.75) is 93.2 Å². The number of hydrogen-bond donors (Lipinski definition) is 3. The van der Waals surface area contributed by atoms with Crippen molar-refractivity contribution in [3.63, 3.8) is 0 Å². The van der Waals surface area contributed by atoms with Gasteiger partial charge in [-0.25, -0.2) is 10.0 Å².